The molecule has 2 aliphatic rings. The summed E-state index contributed by atoms with van der Waals surface area (Å²) in [6.07, 6.45) is 0. The Hall–Kier alpha value is -3.55. The molecular weight excluding hydrogens is 376 g/mol. The van der Waals surface area contributed by atoms with Gasteiger partial charge in [-0.15, -0.1) is 0 Å². The second-order valence-corrected chi connectivity index (χ2v) is 7.00. The van der Waals surface area contributed by atoms with Gasteiger partial charge in [-0.1, -0.05) is 18.2 Å². The summed E-state index contributed by atoms with van der Waals surface area (Å²) in [6, 6.07) is 11.3. The topological polar surface area (TPSA) is 94.2 Å². The first-order chi connectivity index (χ1) is 13.9. The van der Waals surface area contributed by atoms with Crippen molar-refractivity contribution < 1.29 is 28.6 Å². The van der Waals surface area contributed by atoms with Crippen LogP contribution in [0.25, 0.3) is 0 Å². The standard InChI is InChI=1S/C21H20N2O6/c1-21(15-6-7-16-17(11-15)29-9-8-28-16)19(25)23(20(26)22-21)12-13-4-3-5-14(10-13)18(24)27-2/h3-7,10-11H,8-9,12H2,1-2H3,(H,22,26). The van der Waals surface area contributed by atoms with E-state index in [4.69, 9.17) is 14.2 Å². The zero-order valence-corrected chi connectivity index (χ0v) is 16.1. The van der Waals surface area contributed by atoms with Crippen LogP contribution in [0, 0.1) is 0 Å². The number of nitrogens with zero attached hydrogens (tertiary/aromatic N) is 1. The fourth-order valence-electron chi connectivity index (χ4n) is 3.49. The molecule has 0 spiro atoms. The molecule has 1 atom stereocenters. The van der Waals surface area contributed by atoms with Crippen LogP contribution in [-0.4, -0.2) is 43.1 Å². The molecule has 0 aromatic heterocycles. The predicted octanol–water partition coefficient (Wildman–Crippen LogP) is 2.21. The summed E-state index contributed by atoms with van der Waals surface area (Å²) in [6.45, 7) is 2.59. The summed E-state index contributed by atoms with van der Waals surface area (Å²) in [5, 5.41) is 2.77. The van der Waals surface area contributed by atoms with E-state index < -0.39 is 17.5 Å². The highest BCUT2D eigenvalue weighted by atomic mass is 16.6. The van der Waals surface area contributed by atoms with Crippen LogP contribution in [0.3, 0.4) is 0 Å². The van der Waals surface area contributed by atoms with Crippen LogP contribution in [0.5, 0.6) is 11.5 Å². The molecule has 3 amide bonds. The monoisotopic (exact) mass is 396 g/mol. The Morgan fingerprint density at radius 2 is 1.90 bits per heavy atom. The lowest BCUT2D eigenvalue weighted by molar-refractivity contribution is -0.131. The van der Waals surface area contributed by atoms with Gasteiger partial charge in [0, 0.05) is 0 Å². The van der Waals surface area contributed by atoms with Gasteiger partial charge in [0.1, 0.15) is 18.8 Å². The van der Waals surface area contributed by atoms with Gasteiger partial charge in [-0.05, 0) is 42.3 Å². The van der Waals surface area contributed by atoms with E-state index in [0.29, 0.717) is 41.4 Å². The van der Waals surface area contributed by atoms with Gasteiger partial charge in [-0.2, -0.15) is 0 Å². The van der Waals surface area contributed by atoms with Gasteiger partial charge >= 0.3 is 12.0 Å². The lowest BCUT2D eigenvalue weighted by Crippen LogP contribution is -2.41. The van der Waals surface area contributed by atoms with Crippen molar-refractivity contribution in [3.05, 3.63) is 59.2 Å². The number of hydrogen-bond acceptors (Lipinski definition) is 6. The van der Waals surface area contributed by atoms with Gasteiger partial charge < -0.3 is 19.5 Å². The van der Waals surface area contributed by atoms with E-state index in [0.717, 1.165) is 4.90 Å². The first-order valence-electron chi connectivity index (χ1n) is 9.14. The molecule has 8 nitrogen and oxygen atoms in total. The Labute approximate surface area is 167 Å². The van der Waals surface area contributed by atoms with Gasteiger partial charge in [0.2, 0.25) is 0 Å². The summed E-state index contributed by atoms with van der Waals surface area (Å²) in [5.74, 6) is 0.283. The van der Waals surface area contributed by atoms with Crippen molar-refractivity contribution in [1.29, 1.82) is 0 Å². The maximum Gasteiger partial charge on any atom is 0.337 e. The third kappa shape index (κ3) is 3.26. The first-order valence-corrected chi connectivity index (χ1v) is 9.14. The first kappa shape index (κ1) is 18.8. The number of ether oxygens (including phenoxy) is 3. The van der Waals surface area contributed by atoms with Crippen molar-refractivity contribution in [2.75, 3.05) is 20.3 Å². The molecule has 2 aromatic rings. The summed E-state index contributed by atoms with van der Waals surface area (Å²) in [4.78, 5) is 38.6. The molecule has 2 aromatic carbocycles. The Kier molecular flexibility index (Phi) is 4.62. The predicted molar refractivity (Wildman–Crippen MR) is 102 cm³/mol. The molecule has 29 heavy (non-hydrogen) atoms. The lowest BCUT2D eigenvalue weighted by atomic mass is 9.91. The second kappa shape index (κ2) is 7.12. The molecule has 4 rings (SSSR count). The minimum absolute atomic E-state index is 0.0373. The molecule has 1 N–H and O–H groups in total. The fraction of sp³-hybridized carbons (Fsp3) is 0.286. The van der Waals surface area contributed by atoms with Crippen LogP contribution in [0.15, 0.2) is 42.5 Å². The molecular formula is C21H20N2O6. The normalized spacial score (nSPS) is 20.4. The smallest absolute Gasteiger partial charge is 0.337 e. The van der Waals surface area contributed by atoms with Crippen molar-refractivity contribution in [3.63, 3.8) is 0 Å². The van der Waals surface area contributed by atoms with Crippen LogP contribution < -0.4 is 14.8 Å². The molecule has 8 heteroatoms. The van der Waals surface area contributed by atoms with Gasteiger partial charge in [0.05, 0.1) is 19.2 Å². The molecule has 2 aliphatic heterocycles. The molecule has 0 radical (unpaired) electrons. The molecule has 0 aliphatic carbocycles. The molecule has 1 saturated heterocycles. The van der Waals surface area contributed by atoms with E-state index in [-0.39, 0.29) is 12.5 Å². The number of carbonyl (C=O) groups is 3. The quantitative estimate of drug-likeness (QED) is 0.629. The van der Waals surface area contributed by atoms with Crippen LogP contribution in [0.4, 0.5) is 4.79 Å². The number of fused-ring (bicyclic) bond motifs is 1. The molecule has 0 saturated carbocycles. The Morgan fingerprint density at radius 3 is 2.66 bits per heavy atom. The van der Waals surface area contributed by atoms with Crippen LogP contribution >= 0.6 is 0 Å². The van der Waals surface area contributed by atoms with E-state index in [2.05, 4.69) is 5.32 Å². The SMILES string of the molecule is COC(=O)c1cccc(CN2C(=O)NC(C)(c3ccc4c(c3)OCCO4)C2=O)c1. The third-order valence-electron chi connectivity index (χ3n) is 5.08. The van der Waals surface area contributed by atoms with E-state index in [9.17, 15) is 14.4 Å². The van der Waals surface area contributed by atoms with Gasteiger partial charge in [0.15, 0.2) is 11.5 Å². The van der Waals surface area contributed by atoms with Gasteiger partial charge in [-0.25, -0.2) is 9.59 Å². The summed E-state index contributed by atoms with van der Waals surface area (Å²) < 4.78 is 15.8. The van der Waals surface area contributed by atoms with E-state index in [1.807, 2.05) is 0 Å². The molecule has 1 unspecified atom stereocenters. The Balaban J connectivity index is 1.60. The molecule has 150 valence electrons. The zero-order valence-electron chi connectivity index (χ0n) is 16.1. The number of esters is 1. The van der Waals surface area contributed by atoms with E-state index in [1.165, 1.54) is 7.11 Å². The Morgan fingerprint density at radius 1 is 1.14 bits per heavy atom. The number of rotatable bonds is 4. The molecule has 0 bridgehead atoms. The van der Waals surface area contributed by atoms with Crippen molar-refractivity contribution >= 4 is 17.9 Å². The number of urea groups is 1. The minimum Gasteiger partial charge on any atom is -0.486 e. The fourth-order valence-corrected chi connectivity index (χ4v) is 3.49. The van der Waals surface area contributed by atoms with Crippen LogP contribution in [-0.2, 0) is 21.6 Å². The van der Waals surface area contributed by atoms with Crippen molar-refractivity contribution in [2.45, 2.75) is 19.0 Å². The number of hydrogen-bond donors (Lipinski definition) is 1. The second-order valence-electron chi connectivity index (χ2n) is 7.00. The number of imide groups is 1. The number of amides is 3. The van der Waals surface area contributed by atoms with E-state index in [1.54, 1.807) is 49.4 Å². The van der Waals surface area contributed by atoms with Gasteiger partial charge in [-0.3, -0.25) is 9.69 Å². The third-order valence-corrected chi connectivity index (χ3v) is 5.08. The largest absolute Gasteiger partial charge is 0.486 e. The van der Waals surface area contributed by atoms with Gasteiger partial charge in [0.25, 0.3) is 5.91 Å². The van der Waals surface area contributed by atoms with E-state index >= 15 is 0 Å². The minimum atomic E-state index is -1.23. The maximum absolute atomic E-state index is 13.2. The lowest BCUT2D eigenvalue weighted by Gasteiger charge is -2.25. The summed E-state index contributed by atoms with van der Waals surface area (Å²) in [7, 11) is 1.30. The van der Waals surface area contributed by atoms with Crippen LogP contribution in [0.2, 0.25) is 0 Å². The molecule has 2 heterocycles. The number of carbonyl (C=O) groups excluding carboxylic acids is 3. The van der Waals surface area contributed by atoms with Crippen molar-refractivity contribution in [3.8, 4) is 11.5 Å². The number of methoxy groups -OCH3 is 1. The summed E-state index contributed by atoms with van der Waals surface area (Å²) in [5.41, 5.74) is 0.368. The average molecular weight is 396 g/mol. The van der Waals surface area contributed by atoms with Crippen molar-refractivity contribution in [2.24, 2.45) is 0 Å². The van der Waals surface area contributed by atoms with Crippen LogP contribution in [0.1, 0.15) is 28.4 Å². The zero-order chi connectivity index (χ0) is 20.6. The van der Waals surface area contributed by atoms with Crippen molar-refractivity contribution in [1.82, 2.24) is 10.2 Å². The summed E-state index contributed by atoms with van der Waals surface area (Å²) >= 11 is 0. The molecule has 1 fully saturated rings. The highest BCUT2D eigenvalue weighted by Gasteiger charge is 2.49. The maximum atomic E-state index is 13.2. The number of nitrogens with one attached hydrogen (secondary N) is 1. The Bertz CT molecular complexity index is 1000. The number of benzene rings is 2. The highest BCUT2D eigenvalue weighted by Crippen LogP contribution is 2.37. The highest BCUT2D eigenvalue weighted by molar-refractivity contribution is 6.07. The average Bonchev–Trinajstić information content (AvgIpc) is 2.97.